The van der Waals surface area contributed by atoms with Crippen molar-refractivity contribution in [2.75, 3.05) is 16.5 Å². The Labute approximate surface area is 345 Å². The quantitative estimate of drug-likeness (QED) is 0.162. The van der Waals surface area contributed by atoms with E-state index in [2.05, 4.69) is 224 Å². The number of rotatable bonds is 7. The Morgan fingerprint density at radius 3 is 1.84 bits per heavy atom. The zero-order valence-corrected chi connectivity index (χ0v) is 36.2. The normalized spacial score (nSPS) is 13.9. The molecule has 0 bridgehead atoms. The maximum atomic E-state index is 7.29. The summed E-state index contributed by atoms with van der Waals surface area (Å²) < 4.78 is 9.62. The molecule has 0 saturated carbocycles. The van der Waals surface area contributed by atoms with Gasteiger partial charge >= 0.3 is 0 Å². The van der Waals surface area contributed by atoms with E-state index in [0.717, 1.165) is 39.6 Å². The van der Waals surface area contributed by atoms with Crippen LogP contribution in [0.3, 0.4) is 0 Å². The molecule has 2 aromatic heterocycles. The smallest absolute Gasteiger partial charge is 0.137 e. The van der Waals surface area contributed by atoms with Gasteiger partial charge in [0.05, 0.1) is 17.7 Å². The van der Waals surface area contributed by atoms with Gasteiger partial charge in [-0.1, -0.05) is 143 Å². The minimum absolute atomic E-state index is 0.0215. The van der Waals surface area contributed by atoms with Crippen molar-refractivity contribution in [2.24, 2.45) is 0 Å². The first-order valence-corrected chi connectivity index (χ1v) is 20.6. The van der Waals surface area contributed by atoms with Gasteiger partial charge in [-0.05, 0) is 81.0 Å². The van der Waals surface area contributed by atoms with E-state index in [4.69, 9.17) is 9.72 Å². The molecular weight excluding hydrogens is 709 g/mol. The summed E-state index contributed by atoms with van der Waals surface area (Å²) >= 11 is 0. The molecule has 0 radical (unpaired) electrons. The van der Waals surface area contributed by atoms with Crippen LogP contribution in [0.5, 0.6) is 11.5 Å². The molecular formula is C53H58N4O. The number of hydrogen-bond acceptors (Lipinski definition) is 4. The number of nitrogens with zero attached hydrogens (tertiary/aromatic N) is 4. The number of para-hydroxylation sites is 1. The molecule has 58 heavy (non-hydrogen) atoms. The lowest BCUT2D eigenvalue weighted by atomic mass is 9.77. The molecule has 5 heteroatoms. The highest BCUT2D eigenvalue weighted by Crippen LogP contribution is 2.45. The van der Waals surface area contributed by atoms with Gasteiger partial charge in [-0.2, -0.15) is 0 Å². The average molecular weight is 767 g/mol. The van der Waals surface area contributed by atoms with Gasteiger partial charge in [0.15, 0.2) is 0 Å². The molecule has 5 nitrogen and oxygen atoms in total. The van der Waals surface area contributed by atoms with E-state index in [9.17, 15) is 0 Å². The summed E-state index contributed by atoms with van der Waals surface area (Å²) in [7, 11) is 0. The van der Waals surface area contributed by atoms with Crippen LogP contribution in [0.15, 0.2) is 140 Å². The van der Waals surface area contributed by atoms with Crippen LogP contribution in [-0.4, -0.2) is 16.2 Å². The first-order valence-electron chi connectivity index (χ1n) is 20.6. The molecule has 3 heterocycles. The van der Waals surface area contributed by atoms with E-state index in [1.807, 2.05) is 6.20 Å². The Morgan fingerprint density at radius 2 is 1.16 bits per heavy atom. The van der Waals surface area contributed by atoms with Crippen LogP contribution in [0.4, 0.5) is 11.4 Å². The number of pyridine rings is 1. The summed E-state index contributed by atoms with van der Waals surface area (Å²) in [6, 6.07) is 43.9. The highest BCUT2D eigenvalue weighted by atomic mass is 16.5. The Balaban J connectivity index is 1.28. The van der Waals surface area contributed by atoms with Crippen LogP contribution < -0.4 is 14.5 Å². The SMILES string of the molecule is CC(C)(C)c1cccc(N2C=CN(c3ccc(C(C)(C)c4ccccc4)c(Oc4cc(C(C)(C)C)c5c6ccccc6n(-c6cc(C(C)(C)C)ccn6)c5c4)c3)C2)c1. The Kier molecular flexibility index (Phi) is 9.58. The fraction of sp³-hybridized carbons (Fsp3) is 0.302. The lowest BCUT2D eigenvalue weighted by molar-refractivity contribution is 0.460. The molecule has 0 saturated heterocycles. The minimum Gasteiger partial charge on any atom is -0.457 e. The number of benzene rings is 5. The van der Waals surface area contributed by atoms with Gasteiger partial charge in [0.2, 0.25) is 0 Å². The zero-order chi connectivity index (χ0) is 41.2. The molecule has 0 N–H and O–H groups in total. The van der Waals surface area contributed by atoms with Crippen molar-refractivity contribution in [2.45, 2.75) is 97.8 Å². The van der Waals surface area contributed by atoms with Crippen LogP contribution in [0.1, 0.15) is 104 Å². The van der Waals surface area contributed by atoms with E-state index in [-0.39, 0.29) is 21.7 Å². The van der Waals surface area contributed by atoms with Gasteiger partial charge < -0.3 is 14.5 Å². The summed E-state index contributed by atoms with van der Waals surface area (Å²) in [6.07, 6.45) is 6.29. The molecule has 1 aliphatic heterocycles. The van der Waals surface area contributed by atoms with Crippen molar-refractivity contribution in [3.8, 4) is 17.3 Å². The van der Waals surface area contributed by atoms with Gasteiger partial charge in [-0.25, -0.2) is 4.98 Å². The van der Waals surface area contributed by atoms with Crippen molar-refractivity contribution < 1.29 is 4.74 Å². The second-order valence-electron chi connectivity index (χ2n) is 19.6. The molecule has 8 rings (SSSR count). The molecule has 296 valence electrons. The molecule has 0 spiro atoms. The van der Waals surface area contributed by atoms with Crippen LogP contribution in [-0.2, 0) is 21.7 Å². The first-order chi connectivity index (χ1) is 27.4. The van der Waals surface area contributed by atoms with E-state index in [1.54, 1.807) is 0 Å². The third-order valence-corrected chi connectivity index (χ3v) is 11.9. The predicted molar refractivity (Wildman–Crippen MR) is 245 cm³/mol. The summed E-state index contributed by atoms with van der Waals surface area (Å²) in [5, 5.41) is 2.44. The van der Waals surface area contributed by atoms with Gasteiger partial charge in [0.1, 0.15) is 17.3 Å². The first kappa shape index (κ1) is 39.0. The van der Waals surface area contributed by atoms with Gasteiger partial charge in [-0.15, -0.1) is 0 Å². The molecule has 1 aliphatic rings. The summed E-state index contributed by atoms with van der Waals surface area (Å²) in [5.74, 6) is 2.54. The second-order valence-corrected chi connectivity index (χ2v) is 19.6. The maximum Gasteiger partial charge on any atom is 0.137 e. The number of anilines is 2. The molecule has 0 unspecified atom stereocenters. The molecule has 0 fully saturated rings. The maximum absolute atomic E-state index is 7.29. The number of aromatic nitrogens is 2. The highest BCUT2D eigenvalue weighted by Gasteiger charge is 2.30. The molecule has 0 atom stereocenters. The van der Waals surface area contributed by atoms with Gasteiger partial charge in [-0.3, -0.25) is 4.57 Å². The Bertz CT molecular complexity index is 2660. The number of fused-ring (bicyclic) bond motifs is 3. The van der Waals surface area contributed by atoms with Crippen molar-refractivity contribution in [3.63, 3.8) is 0 Å². The predicted octanol–water partition coefficient (Wildman–Crippen LogP) is 13.9. The van der Waals surface area contributed by atoms with E-state index in [1.165, 1.54) is 38.7 Å². The fourth-order valence-electron chi connectivity index (χ4n) is 8.31. The summed E-state index contributed by atoms with van der Waals surface area (Å²) in [4.78, 5) is 9.59. The van der Waals surface area contributed by atoms with Crippen LogP contribution in [0.2, 0.25) is 0 Å². The van der Waals surface area contributed by atoms with Crippen molar-refractivity contribution in [3.05, 3.63) is 168 Å². The molecule has 7 aromatic rings. The largest absolute Gasteiger partial charge is 0.457 e. The molecule has 0 amide bonds. The fourth-order valence-corrected chi connectivity index (χ4v) is 8.31. The lowest BCUT2D eigenvalue weighted by Crippen LogP contribution is -2.25. The zero-order valence-electron chi connectivity index (χ0n) is 36.2. The van der Waals surface area contributed by atoms with Crippen LogP contribution >= 0.6 is 0 Å². The van der Waals surface area contributed by atoms with Crippen molar-refractivity contribution in [1.82, 2.24) is 9.55 Å². The number of ether oxygens (including phenoxy) is 1. The van der Waals surface area contributed by atoms with E-state index >= 15 is 0 Å². The highest BCUT2D eigenvalue weighted by molar-refractivity contribution is 6.11. The van der Waals surface area contributed by atoms with Crippen molar-refractivity contribution in [1.29, 1.82) is 0 Å². The van der Waals surface area contributed by atoms with Crippen LogP contribution in [0.25, 0.3) is 27.6 Å². The third-order valence-electron chi connectivity index (χ3n) is 11.9. The average Bonchev–Trinajstić information content (AvgIpc) is 3.81. The van der Waals surface area contributed by atoms with Crippen LogP contribution in [0, 0.1) is 0 Å². The summed E-state index contributed by atoms with van der Waals surface area (Å²) in [5.41, 5.74) is 10.2. The molecule has 5 aromatic carbocycles. The monoisotopic (exact) mass is 766 g/mol. The summed E-state index contributed by atoms with van der Waals surface area (Å²) in [6.45, 7) is 25.7. The standard InChI is InChI=1S/C53H58N4O/c1-50(2,3)37-20-17-21-39(30-37)55-28-29-56(35-55)40-24-25-43(53(10,11)36-18-13-12-14-19-36)47(32-40)58-41-33-44(52(7,8)9)49-42-22-15-16-23-45(42)57(46(49)34-41)48-31-38(26-27-54-48)51(4,5)6/h12-34H,35H2,1-11H3. The van der Waals surface area contributed by atoms with Crippen molar-refractivity contribution >= 4 is 33.2 Å². The Hall–Kier alpha value is -5.81. The second kappa shape index (κ2) is 14.2. The number of hydrogen-bond donors (Lipinski definition) is 0. The topological polar surface area (TPSA) is 33.5 Å². The Morgan fingerprint density at radius 1 is 0.517 bits per heavy atom. The minimum atomic E-state index is -0.335. The van der Waals surface area contributed by atoms with Gasteiger partial charge in [0.25, 0.3) is 0 Å². The lowest BCUT2D eigenvalue weighted by Gasteiger charge is -2.30. The van der Waals surface area contributed by atoms with E-state index in [0.29, 0.717) is 6.67 Å². The molecule has 0 aliphatic carbocycles. The third kappa shape index (κ3) is 7.28. The van der Waals surface area contributed by atoms with Gasteiger partial charge in [0, 0.05) is 63.9 Å². The van der Waals surface area contributed by atoms with E-state index < -0.39 is 0 Å².